The monoisotopic (exact) mass is 480 g/mol. The van der Waals surface area contributed by atoms with Gasteiger partial charge in [0.15, 0.2) is 5.75 Å². The van der Waals surface area contributed by atoms with E-state index < -0.39 is 5.97 Å². The summed E-state index contributed by atoms with van der Waals surface area (Å²) in [5.41, 5.74) is 2.39. The summed E-state index contributed by atoms with van der Waals surface area (Å²) in [6, 6.07) is 18.7. The molecule has 0 saturated heterocycles. The van der Waals surface area contributed by atoms with E-state index >= 15 is 0 Å². The van der Waals surface area contributed by atoms with E-state index in [-0.39, 0.29) is 0 Å². The molecule has 0 heterocycles. The Hall–Kier alpha value is -1.46. The molecule has 27 heavy (non-hydrogen) atoms. The van der Waals surface area contributed by atoms with Crippen molar-refractivity contribution in [3.05, 3.63) is 91.9 Å². The molecule has 0 aliphatic heterocycles. The van der Waals surface area contributed by atoms with Gasteiger partial charge in [0.25, 0.3) is 0 Å². The second kappa shape index (κ2) is 9.16. The van der Waals surface area contributed by atoms with Crippen LogP contribution in [0.15, 0.2) is 70.0 Å². The van der Waals surface area contributed by atoms with E-state index in [1.807, 2.05) is 49.4 Å². The first-order valence-electron chi connectivity index (χ1n) is 8.07. The maximum absolute atomic E-state index is 12.4. The van der Waals surface area contributed by atoms with Crippen molar-refractivity contribution >= 4 is 56.9 Å². The van der Waals surface area contributed by atoms with Gasteiger partial charge in [-0.05, 0) is 66.6 Å². The van der Waals surface area contributed by atoms with Crippen LogP contribution in [-0.2, 0) is 5.75 Å². The normalized spacial score (nSPS) is 10.7. The fraction of sp³-hybridized carbons (Fsp3) is 0.0952. The van der Waals surface area contributed by atoms with Crippen molar-refractivity contribution in [2.75, 3.05) is 0 Å². The Labute approximate surface area is 181 Å². The zero-order valence-electron chi connectivity index (χ0n) is 14.3. The highest BCUT2D eigenvalue weighted by Crippen LogP contribution is 2.32. The fourth-order valence-corrected chi connectivity index (χ4v) is 4.39. The molecule has 3 rings (SSSR count). The maximum Gasteiger partial charge on any atom is 0.343 e. The van der Waals surface area contributed by atoms with E-state index in [9.17, 15) is 4.79 Å². The summed E-state index contributed by atoms with van der Waals surface area (Å²) in [5.74, 6) is 0.751. The molecule has 138 valence electrons. The smallest absolute Gasteiger partial charge is 0.343 e. The second-order valence-corrected chi connectivity index (χ2v) is 8.67. The molecule has 0 aromatic heterocycles. The van der Waals surface area contributed by atoms with E-state index in [1.54, 1.807) is 30.0 Å². The third-order valence-electron chi connectivity index (χ3n) is 3.80. The van der Waals surface area contributed by atoms with Crippen molar-refractivity contribution in [2.45, 2.75) is 17.6 Å². The first-order chi connectivity index (χ1) is 12.9. The number of rotatable bonds is 5. The molecule has 0 atom stereocenters. The summed E-state index contributed by atoms with van der Waals surface area (Å²) >= 11 is 17.2. The first-order valence-corrected chi connectivity index (χ1v) is 10.6. The molecule has 0 saturated carbocycles. The number of benzene rings is 3. The lowest BCUT2D eigenvalue weighted by atomic mass is 10.1. The molecule has 3 aromatic carbocycles. The molecule has 0 fully saturated rings. The standard InChI is InChI=1S/C21H15BrCl2O2S/c1-13-10-16(22)11-19(24)20(13)26-21(25)15-4-2-14(3-5-15)12-27-18-8-6-17(23)7-9-18/h2-11H,12H2,1H3. The highest BCUT2D eigenvalue weighted by Gasteiger charge is 2.14. The topological polar surface area (TPSA) is 26.3 Å². The summed E-state index contributed by atoms with van der Waals surface area (Å²) in [5, 5.41) is 1.12. The molecule has 0 amide bonds. The Kier molecular flexibility index (Phi) is 6.88. The van der Waals surface area contributed by atoms with Crippen LogP contribution < -0.4 is 4.74 Å². The van der Waals surface area contributed by atoms with Crippen molar-refractivity contribution in [3.8, 4) is 5.75 Å². The van der Waals surface area contributed by atoms with Gasteiger partial charge in [0.2, 0.25) is 0 Å². The summed E-state index contributed by atoms with van der Waals surface area (Å²) in [4.78, 5) is 13.6. The zero-order valence-corrected chi connectivity index (χ0v) is 18.3. The number of thioether (sulfide) groups is 1. The third-order valence-corrected chi connectivity index (χ3v) is 5.87. The van der Waals surface area contributed by atoms with Crippen molar-refractivity contribution in [1.29, 1.82) is 0 Å². The average Bonchev–Trinajstić information content (AvgIpc) is 2.64. The van der Waals surface area contributed by atoms with Gasteiger partial charge in [0.1, 0.15) is 0 Å². The molecule has 2 nitrogen and oxygen atoms in total. The van der Waals surface area contributed by atoms with E-state index in [0.717, 1.165) is 31.3 Å². The average molecular weight is 482 g/mol. The van der Waals surface area contributed by atoms with Crippen LogP contribution in [-0.4, -0.2) is 5.97 Å². The molecule has 0 aliphatic carbocycles. The van der Waals surface area contributed by atoms with Gasteiger partial charge in [-0.1, -0.05) is 51.3 Å². The van der Waals surface area contributed by atoms with Crippen molar-refractivity contribution in [2.24, 2.45) is 0 Å². The fourth-order valence-electron chi connectivity index (χ4n) is 2.40. The van der Waals surface area contributed by atoms with Crippen LogP contribution >= 0.6 is 50.9 Å². The lowest BCUT2D eigenvalue weighted by Gasteiger charge is -2.10. The van der Waals surface area contributed by atoms with Crippen molar-refractivity contribution < 1.29 is 9.53 Å². The number of esters is 1. The number of hydrogen-bond donors (Lipinski definition) is 0. The van der Waals surface area contributed by atoms with E-state index in [4.69, 9.17) is 27.9 Å². The van der Waals surface area contributed by atoms with Crippen molar-refractivity contribution in [3.63, 3.8) is 0 Å². The Morgan fingerprint density at radius 2 is 1.70 bits per heavy atom. The molecule has 3 aromatic rings. The van der Waals surface area contributed by atoms with Crippen LogP contribution in [0.1, 0.15) is 21.5 Å². The van der Waals surface area contributed by atoms with Crippen LogP contribution in [0, 0.1) is 6.92 Å². The van der Waals surface area contributed by atoms with Crippen LogP contribution in [0.3, 0.4) is 0 Å². The predicted octanol–water partition coefficient (Wildman–Crippen LogP) is 7.58. The van der Waals surface area contributed by atoms with Gasteiger partial charge < -0.3 is 4.74 Å². The molecule has 0 spiro atoms. The highest BCUT2D eigenvalue weighted by molar-refractivity contribution is 9.10. The van der Waals surface area contributed by atoms with Gasteiger partial charge in [-0.25, -0.2) is 4.79 Å². The molecule has 6 heteroatoms. The summed E-state index contributed by atoms with van der Waals surface area (Å²) in [6.45, 7) is 1.84. The second-order valence-electron chi connectivity index (χ2n) is 5.86. The number of hydrogen-bond acceptors (Lipinski definition) is 3. The summed E-state index contributed by atoms with van der Waals surface area (Å²) < 4.78 is 6.33. The SMILES string of the molecule is Cc1cc(Br)cc(Cl)c1OC(=O)c1ccc(CSc2ccc(Cl)cc2)cc1. The maximum atomic E-state index is 12.4. The van der Waals surface area contributed by atoms with Crippen LogP contribution in [0.4, 0.5) is 0 Å². The molecule has 0 aliphatic rings. The van der Waals surface area contributed by atoms with Crippen LogP contribution in [0.5, 0.6) is 5.75 Å². The van der Waals surface area contributed by atoms with E-state index in [1.165, 1.54) is 0 Å². The number of carbonyl (C=O) groups is 1. The Balaban J connectivity index is 1.64. The predicted molar refractivity (Wildman–Crippen MR) is 116 cm³/mol. The lowest BCUT2D eigenvalue weighted by molar-refractivity contribution is 0.0733. The van der Waals surface area contributed by atoms with Gasteiger partial charge in [0, 0.05) is 20.1 Å². The largest absolute Gasteiger partial charge is 0.421 e. The van der Waals surface area contributed by atoms with Gasteiger partial charge in [-0.2, -0.15) is 0 Å². The van der Waals surface area contributed by atoms with Crippen LogP contribution in [0.25, 0.3) is 0 Å². The molecular formula is C21H15BrCl2O2S. The molecular weight excluding hydrogens is 467 g/mol. The summed E-state index contributed by atoms with van der Waals surface area (Å²) in [7, 11) is 0. The molecule has 0 unspecified atom stereocenters. The van der Waals surface area contributed by atoms with Crippen molar-refractivity contribution in [1.82, 2.24) is 0 Å². The van der Waals surface area contributed by atoms with E-state index in [2.05, 4.69) is 15.9 Å². The first kappa shape index (κ1) is 20.3. The number of aryl methyl sites for hydroxylation is 1. The summed E-state index contributed by atoms with van der Waals surface area (Å²) in [6.07, 6.45) is 0. The molecule has 0 N–H and O–H groups in total. The zero-order chi connectivity index (χ0) is 19.4. The number of carbonyl (C=O) groups excluding carboxylic acids is 1. The minimum atomic E-state index is -0.431. The molecule has 0 bridgehead atoms. The minimum Gasteiger partial charge on any atom is -0.421 e. The minimum absolute atomic E-state index is 0.382. The highest BCUT2D eigenvalue weighted by atomic mass is 79.9. The van der Waals surface area contributed by atoms with Gasteiger partial charge in [-0.15, -0.1) is 11.8 Å². The van der Waals surface area contributed by atoms with Gasteiger partial charge in [0.05, 0.1) is 10.6 Å². The Morgan fingerprint density at radius 3 is 2.33 bits per heavy atom. The van der Waals surface area contributed by atoms with Gasteiger partial charge in [-0.3, -0.25) is 0 Å². The molecule has 0 radical (unpaired) electrons. The Bertz CT molecular complexity index is 934. The van der Waals surface area contributed by atoms with Gasteiger partial charge >= 0.3 is 5.97 Å². The lowest BCUT2D eigenvalue weighted by Crippen LogP contribution is -2.09. The third kappa shape index (κ3) is 5.52. The number of halogens is 3. The quantitative estimate of drug-likeness (QED) is 0.213. The van der Waals surface area contributed by atoms with Crippen LogP contribution in [0.2, 0.25) is 10.0 Å². The van der Waals surface area contributed by atoms with E-state index in [0.29, 0.717) is 16.3 Å². The Morgan fingerprint density at radius 1 is 1.04 bits per heavy atom. The number of ether oxygens (including phenoxy) is 1.